The van der Waals surface area contributed by atoms with Crippen LogP contribution >= 0.6 is 11.8 Å². The first kappa shape index (κ1) is 22.0. The van der Waals surface area contributed by atoms with Gasteiger partial charge in [0.05, 0.1) is 17.0 Å². The number of benzene rings is 1. The van der Waals surface area contributed by atoms with Crippen molar-refractivity contribution in [3.63, 3.8) is 0 Å². The molecule has 1 aromatic heterocycles. The third-order valence-corrected chi connectivity index (χ3v) is 7.05. The number of amides is 1. The summed E-state index contributed by atoms with van der Waals surface area (Å²) in [5, 5.41) is 0.522. The number of nitrogens with zero attached hydrogens (tertiary/aromatic N) is 3. The summed E-state index contributed by atoms with van der Waals surface area (Å²) in [5.74, 6) is 0.180. The lowest BCUT2D eigenvalue weighted by Gasteiger charge is -2.35. The normalized spacial score (nSPS) is 19.3. The highest BCUT2D eigenvalue weighted by Crippen LogP contribution is 2.23. The maximum atomic E-state index is 13.1. The standard InChI is InChI=1S/C23H29FN4O2S/c1-2-18-5-3-4-11-28(18)21(29)15-31-23-25-20-10-12-27(14-19(20)22(30)26-23)13-16-6-8-17(24)9-7-16/h6-9,18H,2-5,10-15H2,1H3,(H,25,26,30). The number of thioether (sulfide) groups is 1. The van der Waals surface area contributed by atoms with E-state index in [0.717, 1.165) is 43.6 Å². The molecule has 2 aliphatic rings. The third kappa shape index (κ3) is 5.36. The van der Waals surface area contributed by atoms with Crippen molar-refractivity contribution in [3.05, 3.63) is 57.3 Å². The first-order valence-corrected chi connectivity index (χ1v) is 12.0. The van der Waals surface area contributed by atoms with Crippen LogP contribution in [-0.2, 0) is 24.3 Å². The molecule has 0 spiro atoms. The van der Waals surface area contributed by atoms with E-state index >= 15 is 0 Å². The van der Waals surface area contributed by atoms with Gasteiger partial charge in [0.15, 0.2) is 5.16 Å². The molecule has 1 fully saturated rings. The van der Waals surface area contributed by atoms with Crippen molar-refractivity contribution in [2.75, 3.05) is 18.8 Å². The van der Waals surface area contributed by atoms with Gasteiger partial charge in [0, 0.05) is 38.6 Å². The largest absolute Gasteiger partial charge is 0.339 e. The molecule has 3 heterocycles. The maximum Gasteiger partial charge on any atom is 0.256 e. The Kier molecular flexibility index (Phi) is 7.07. The molecule has 1 amide bonds. The number of aromatic amines is 1. The first-order valence-electron chi connectivity index (χ1n) is 11.0. The molecule has 166 valence electrons. The number of nitrogens with one attached hydrogen (secondary N) is 1. The molecule has 8 heteroatoms. The summed E-state index contributed by atoms with van der Waals surface area (Å²) in [7, 11) is 0. The predicted molar refractivity (Wildman–Crippen MR) is 119 cm³/mol. The SMILES string of the molecule is CCC1CCCCN1C(=O)CSc1nc2c(c(=O)[nH]1)CN(Cc1ccc(F)cc1)CC2. The number of hydrogen-bond donors (Lipinski definition) is 1. The number of rotatable bonds is 6. The molecular formula is C23H29FN4O2S. The molecule has 0 bridgehead atoms. The lowest BCUT2D eigenvalue weighted by Crippen LogP contribution is -2.44. The van der Waals surface area contributed by atoms with Crippen LogP contribution < -0.4 is 5.56 Å². The molecule has 1 saturated heterocycles. The molecule has 6 nitrogen and oxygen atoms in total. The van der Waals surface area contributed by atoms with Crippen LogP contribution in [-0.4, -0.2) is 50.6 Å². The topological polar surface area (TPSA) is 69.3 Å². The minimum absolute atomic E-state index is 0.127. The minimum atomic E-state index is -0.248. The van der Waals surface area contributed by atoms with Gasteiger partial charge >= 0.3 is 0 Å². The molecule has 0 aliphatic carbocycles. The Morgan fingerprint density at radius 1 is 1.26 bits per heavy atom. The maximum absolute atomic E-state index is 13.1. The summed E-state index contributed by atoms with van der Waals surface area (Å²) in [6.45, 7) is 4.93. The number of H-pyrrole nitrogens is 1. The second-order valence-electron chi connectivity index (χ2n) is 8.32. The molecule has 1 N–H and O–H groups in total. The molecule has 0 saturated carbocycles. The number of piperidine rings is 1. The Balaban J connectivity index is 1.38. The van der Waals surface area contributed by atoms with Crippen LogP contribution in [0, 0.1) is 5.82 Å². The Morgan fingerprint density at radius 3 is 2.84 bits per heavy atom. The number of carbonyl (C=O) groups is 1. The molecular weight excluding hydrogens is 415 g/mol. The van der Waals surface area contributed by atoms with Gasteiger partial charge in [-0.25, -0.2) is 9.37 Å². The van der Waals surface area contributed by atoms with E-state index in [1.807, 2.05) is 4.90 Å². The van der Waals surface area contributed by atoms with Crippen molar-refractivity contribution in [2.45, 2.75) is 63.3 Å². The van der Waals surface area contributed by atoms with Crippen molar-refractivity contribution in [2.24, 2.45) is 0 Å². The Bertz CT molecular complexity index is 979. The van der Waals surface area contributed by atoms with Gasteiger partial charge in [-0.05, 0) is 43.4 Å². The average molecular weight is 445 g/mol. The minimum Gasteiger partial charge on any atom is -0.339 e. The Morgan fingerprint density at radius 2 is 2.06 bits per heavy atom. The lowest BCUT2D eigenvalue weighted by molar-refractivity contribution is -0.132. The number of carbonyl (C=O) groups excluding carboxylic acids is 1. The summed E-state index contributed by atoms with van der Waals surface area (Å²) < 4.78 is 13.1. The smallest absolute Gasteiger partial charge is 0.256 e. The van der Waals surface area contributed by atoms with E-state index in [0.29, 0.717) is 42.0 Å². The van der Waals surface area contributed by atoms with Gasteiger partial charge in [-0.15, -0.1) is 0 Å². The van der Waals surface area contributed by atoms with Crippen molar-refractivity contribution >= 4 is 17.7 Å². The monoisotopic (exact) mass is 444 g/mol. The molecule has 1 unspecified atom stereocenters. The molecule has 2 aromatic rings. The number of fused-ring (bicyclic) bond motifs is 1. The number of halogens is 1. The van der Waals surface area contributed by atoms with Crippen molar-refractivity contribution in [1.29, 1.82) is 0 Å². The van der Waals surface area contributed by atoms with Gasteiger partial charge in [-0.1, -0.05) is 30.8 Å². The van der Waals surface area contributed by atoms with Crippen molar-refractivity contribution in [3.8, 4) is 0 Å². The highest BCUT2D eigenvalue weighted by Gasteiger charge is 2.26. The van der Waals surface area contributed by atoms with Crippen LogP contribution in [0.15, 0.2) is 34.2 Å². The molecule has 31 heavy (non-hydrogen) atoms. The fourth-order valence-electron chi connectivity index (χ4n) is 4.48. The summed E-state index contributed by atoms with van der Waals surface area (Å²) >= 11 is 1.32. The van der Waals surface area contributed by atoms with Gasteiger partial charge in [0.1, 0.15) is 5.82 Å². The van der Waals surface area contributed by atoms with E-state index in [9.17, 15) is 14.0 Å². The zero-order valence-corrected chi connectivity index (χ0v) is 18.7. The van der Waals surface area contributed by atoms with Crippen LogP contribution in [0.2, 0.25) is 0 Å². The molecule has 1 atom stereocenters. The number of aromatic nitrogens is 2. The predicted octanol–water partition coefficient (Wildman–Crippen LogP) is 3.35. The molecule has 4 rings (SSSR count). The van der Waals surface area contributed by atoms with Crippen molar-refractivity contribution in [1.82, 2.24) is 19.8 Å². The second kappa shape index (κ2) is 9.96. The van der Waals surface area contributed by atoms with Crippen LogP contribution in [0.1, 0.15) is 49.4 Å². The fourth-order valence-corrected chi connectivity index (χ4v) is 5.24. The van der Waals surface area contributed by atoms with Crippen LogP contribution in [0.4, 0.5) is 4.39 Å². The molecule has 0 radical (unpaired) electrons. The number of likely N-dealkylation sites (tertiary alicyclic amines) is 1. The van der Waals surface area contributed by atoms with E-state index < -0.39 is 0 Å². The highest BCUT2D eigenvalue weighted by atomic mass is 32.2. The summed E-state index contributed by atoms with van der Waals surface area (Å²) in [6.07, 6.45) is 5.00. The second-order valence-corrected chi connectivity index (χ2v) is 9.28. The van der Waals surface area contributed by atoms with Crippen molar-refractivity contribution < 1.29 is 9.18 Å². The molecule has 1 aromatic carbocycles. The zero-order valence-electron chi connectivity index (χ0n) is 17.9. The van der Waals surface area contributed by atoms with E-state index in [1.165, 1.54) is 30.3 Å². The zero-order chi connectivity index (χ0) is 21.8. The van der Waals surface area contributed by atoms with Gasteiger partial charge in [0.2, 0.25) is 5.91 Å². The van der Waals surface area contributed by atoms with E-state index in [1.54, 1.807) is 12.1 Å². The summed E-state index contributed by atoms with van der Waals surface area (Å²) in [4.78, 5) is 37.1. The fraction of sp³-hybridized carbons (Fsp3) is 0.522. The molecule has 2 aliphatic heterocycles. The van der Waals surface area contributed by atoms with Gasteiger partial charge in [-0.3, -0.25) is 14.5 Å². The van der Waals surface area contributed by atoms with E-state index in [4.69, 9.17) is 0 Å². The van der Waals surface area contributed by atoms with E-state index in [2.05, 4.69) is 21.8 Å². The number of hydrogen-bond acceptors (Lipinski definition) is 5. The van der Waals surface area contributed by atoms with Gasteiger partial charge < -0.3 is 9.88 Å². The van der Waals surface area contributed by atoms with Gasteiger partial charge in [-0.2, -0.15) is 0 Å². The third-order valence-electron chi connectivity index (χ3n) is 6.20. The summed E-state index contributed by atoms with van der Waals surface area (Å²) in [5.41, 5.74) is 2.39. The van der Waals surface area contributed by atoms with Gasteiger partial charge in [0.25, 0.3) is 5.56 Å². The Hall–Kier alpha value is -2.19. The van der Waals surface area contributed by atoms with E-state index in [-0.39, 0.29) is 17.3 Å². The Labute approximate surface area is 186 Å². The summed E-state index contributed by atoms with van der Waals surface area (Å²) in [6, 6.07) is 6.80. The lowest BCUT2D eigenvalue weighted by atomic mass is 10.0. The van der Waals surface area contributed by atoms with Crippen LogP contribution in [0.5, 0.6) is 0 Å². The van der Waals surface area contributed by atoms with Crippen LogP contribution in [0.25, 0.3) is 0 Å². The first-order chi connectivity index (χ1) is 15.0. The quantitative estimate of drug-likeness (QED) is 0.547. The van der Waals surface area contributed by atoms with Crippen LogP contribution in [0.3, 0.4) is 0 Å². The average Bonchev–Trinajstić information content (AvgIpc) is 2.79. The highest BCUT2D eigenvalue weighted by molar-refractivity contribution is 7.99.